The molecule has 6 heteroatoms. The number of rotatable bonds is 2. The Labute approximate surface area is 155 Å². The maximum absolute atomic E-state index is 9.62. The summed E-state index contributed by atoms with van der Waals surface area (Å²) in [5.41, 5.74) is 5.26. The minimum atomic E-state index is -1.75. The summed E-state index contributed by atoms with van der Waals surface area (Å²) < 4.78 is 21.0. The average Bonchev–Trinajstić information content (AvgIpc) is 2.99. The highest BCUT2D eigenvalue weighted by Crippen LogP contribution is 2.37. The first-order valence-corrected chi connectivity index (χ1v) is 9.00. The standard InChI is InChI=1S/C20H18N4.CH2F2/c1-24-12-17-10-16(11-21-20(17)23-24)19-8-6-15-9-14(13-3-2-4-13)5-7-18(15)22-19;2-1-3/h5-13H,2-4H2,1H3;1H2. The van der Waals surface area contributed by atoms with Crippen LogP contribution in [0.15, 0.2) is 48.8 Å². The lowest BCUT2D eigenvalue weighted by molar-refractivity contribution is 0.295. The van der Waals surface area contributed by atoms with Gasteiger partial charge in [-0.2, -0.15) is 5.10 Å². The molecule has 0 N–H and O–H groups in total. The van der Waals surface area contributed by atoms with Gasteiger partial charge in [-0.05, 0) is 48.6 Å². The minimum Gasteiger partial charge on any atom is -0.273 e. The summed E-state index contributed by atoms with van der Waals surface area (Å²) >= 11 is 0. The molecule has 4 nitrogen and oxygen atoms in total. The molecule has 4 aromatic rings. The van der Waals surface area contributed by atoms with E-state index in [4.69, 9.17) is 4.98 Å². The highest BCUT2D eigenvalue weighted by molar-refractivity contribution is 5.84. The Bertz CT molecular complexity index is 1090. The van der Waals surface area contributed by atoms with Crippen LogP contribution in [0.4, 0.5) is 8.78 Å². The molecule has 3 aromatic heterocycles. The van der Waals surface area contributed by atoms with E-state index >= 15 is 0 Å². The summed E-state index contributed by atoms with van der Waals surface area (Å²) in [5.74, 6) is 0.756. The fourth-order valence-corrected chi connectivity index (χ4v) is 3.47. The maximum atomic E-state index is 9.62. The lowest BCUT2D eigenvalue weighted by Crippen LogP contribution is -2.08. The molecular weight excluding hydrogens is 346 g/mol. The second-order valence-corrected chi connectivity index (χ2v) is 6.82. The number of hydrogen-bond donors (Lipinski definition) is 0. The molecule has 138 valence electrons. The Kier molecular flexibility index (Phi) is 4.79. The van der Waals surface area contributed by atoms with Crippen molar-refractivity contribution in [2.45, 2.75) is 25.2 Å². The van der Waals surface area contributed by atoms with Crippen molar-refractivity contribution >= 4 is 21.9 Å². The molecule has 1 aliphatic rings. The van der Waals surface area contributed by atoms with E-state index in [1.54, 1.807) is 4.68 Å². The van der Waals surface area contributed by atoms with Crippen molar-refractivity contribution in [2.75, 3.05) is 6.93 Å². The quantitative estimate of drug-likeness (QED) is 0.481. The SMILES string of the molecule is Cn1cc2cc(-c3ccc4cc(C5CCC5)ccc4n3)cnc2n1.FCF. The lowest BCUT2D eigenvalue weighted by Gasteiger charge is -2.25. The zero-order valence-corrected chi connectivity index (χ0v) is 15.1. The van der Waals surface area contributed by atoms with Crippen LogP contribution in [0.2, 0.25) is 0 Å². The first kappa shape index (κ1) is 17.5. The first-order valence-electron chi connectivity index (χ1n) is 9.00. The number of nitrogens with zero attached hydrogens (tertiary/aromatic N) is 4. The summed E-state index contributed by atoms with van der Waals surface area (Å²) in [6, 6.07) is 13.1. The van der Waals surface area contributed by atoms with Crippen molar-refractivity contribution in [3.05, 3.63) is 54.4 Å². The summed E-state index contributed by atoms with van der Waals surface area (Å²) in [7, 11) is 1.91. The topological polar surface area (TPSA) is 43.6 Å². The molecule has 1 saturated carbocycles. The van der Waals surface area contributed by atoms with Crippen LogP contribution in [0.5, 0.6) is 0 Å². The molecule has 1 aromatic carbocycles. The zero-order chi connectivity index (χ0) is 18.8. The number of hydrogen-bond acceptors (Lipinski definition) is 3. The van der Waals surface area contributed by atoms with Gasteiger partial charge in [0.15, 0.2) is 5.65 Å². The number of pyridine rings is 2. The maximum Gasteiger partial charge on any atom is 0.229 e. The third-order valence-corrected chi connectivity index (χ3v) is 5.06. The molecule has 0 amide bonds. The normalized spacial score (nSPS) is 14.0. The van der Waals surface area contributed by atoms with E-state index in [2.05, 4.69) is 46.5 Å². The number of fused-ring (bicyclic) bond motifs is 2. The minimum absolute atomic E-state index is 0.756. The zero-order valence-electron chi connectivity index (χ0n) is 15.1. The van der Waals surface area contributed by atoms with Crippen molar-refractivity contribution in [2.24, 2.45) is 7.05 Å². The van der Waals surface area contributed by atoms with Crippen molar-refractivity contribution in [3.63, 3.8) is 0 Å². The fraction of sp³-hybridized carbons (Fsp3) is 0.286. The van der Waals surface area contributed by atoms with Gasteiger partial charge in [-0.3, -0.25) is 4.68 Å². The Morgan fingerprint density at radius 2 is 1.89 bits per heavy atom. The predicted molar refractivity (Wildman–Crippen MR) is 103 cm³/mol. The highest BCUT2D eigenvalue weighted by Gasteiger charge is 2.19. The van der Waals surface area contributed by atoms with Gasteiger partial charge in [0.2, 0.25) is 6.93 Å². The molecule has 3 heterocycles. The van der Waals surface area contributed by atoms with Crippen LogP contribution in [0.25, 0.3) is 33.2 Å². The summed E-state index contributed by atoms with van der Waals surface area (Å²) in [5, 5.41) is 6.58. The van der Waals surface area contributed by atoms with E-state index in [9.17, 15) is 8.78 Å². The van der Waals surface area contributed by atoms with E-state index in [1.165, 1.54) is 30.2 Å². The van der Waals surface area contributed by atoms with Gasteiger partial charge in [0.1, 0.15) is 0 Å². The fourth-order valence-electron chi connectivity index (χ4n) is 3.47. The summed E-state index contributed by atoms with van der Waals surface area (Å²) in [6.07, 6.45) is 7.86. The number of aryl methyl sites for hydroxylation is 1. The highest BCUT2D eigenvalue weighted by atomic mass is 19.3. The smallest absolute Gasteiger partial charge is 0.229 e. The van der Waals surface area contributed by atoms with Crippen molar-refractivity contribution < 1.29 is 8.78 Å². The monoisotopic (exact) mass is 366 g/mol. The largest absolute Gasteiger partial charge is 0.273 e. The van der Waals surface area contributed by atoms with Crippen LogP contribution in [-0.4, -0.2) is 26.7 Å². The number of halogens is 2. The van der Waals surface area contributed by atoms with Crippen LogP contribution in [0, 0.1) is 0 Å². The average molecular weight is 366 g/mol. The van der Waals surface area contributed by atoms with E-state index < -0.39 is 6.93 Å². The molecule has 27 heavy (non-hydrogen) atoms. The molecule has 0 bridgehead atoms. The van der Waals surface area contributed by atoms with Gasteiger partial charge in [0.25, 0.3) is 0 Å². The first-order chi connectivity index (χ1) is 13.2. The number of benzene rings is 1. The molecule has 5 rings (SSSR count). The molecule has 1 fully saturated rings. The van der Waals surface area contributed by atoms with Gasteiger partial charge in [-0.15, -0.1) is 0 Å². The van der Waals surface area contributed by atoms with Crippen LogP contribution < -0.4 is 0 Å². The number of alkyl halides is 2. The second kappa shape index (κ2) is 7.39. The van der Waals surface area contributed by atoms with Gasteiger partial charge in [-0.25, -0.2) is 18.7 Å². The third kappa shape index (κ3) is 3.52. The Morgan fingerprint density at radius 1 is 1.07 bits per heavy atom. The predicted octanol–water partition coefficient (Wildman–Crippen LogP) is 5.33. The van der Waals surface area contributed by atoms with E-state index in [1.807, 2.05) is 19.4 Å². The van der Waals surface area contributed by atoms with Crippen LogP contribution in [0.3, 0.4) is 0 Å². The van der Waals surface area contributed by atoms with Crippen molar-refractivity contribution in [1.29, 1.82) is 0 Å². The van der Waals surface area contributed by atoms with Gasteiger partial charge in [0.05, 0.1) is 11.2 Å². The Balaban J connectivity index is 0.000000565. The molecule has 1 aliphatic carbocycles. The van der Waals surface area contributed by atoms with Crippen molar-refractivity contribution in [3.8, 4) is 11.3 Å². The molecule has 0 unspecified atom stereocenters. The van der Waals surface area contributed by atoms with Gasteiger partial charge in [0, 0.05) is 35.8 Å². The molecule has 0 aliphatic heterocycles. The second-order valence-electron chi connectivity index (χ2n) is 6.82. The Morgan fingerprint density at radius 3 is 2.63 bits per heavy atom. The van der Waals surface area contributed by atoms with E-state index in [-0.39, 0.29) is 0 Å². The lowest BCUT2D eigenvalue weighted by atomic mass is 9.80. The molecule has 0 atom stereocenters. The van der Waals surface area contributed by atoms with Crippen LogP contribution in [-0.2, 0) is 7.05 Å². The molecule has 0 radical (unpaired) electrons. The summed E-state index contributed by atoms with van der Waals surface area (Å²) in [6.45, 7) is -1.75. The van der Waals surface area contributed by atoms with Crippen LogP contribution >= 0.6 is 0 Å². The van der Waals surface area contributed by atoms with E-state index in [0.717, 1.165) is 33.7 Å². The van der Waals surface area contributed by atoms with Crippen LogP contribution in [0.1, 0.15) is 30.7 Å². The number of aromatic nitrogens is 4. The molecule has 0 saturated heterocycles. The van der Waals surface area contributed by atoms with Gasteiger partial charge in [-0.1, -0.05) is 18.6 Å². The van der Waals surface area contributed by atoms with Crippen molar-refractivity contribution in [1.82, 2.24) is 19.7 Å². The van der Waals surface area contributed by atoms with Gasteiger partial charge < -0.3 is 0 Å². The van der Waals surface area contributed by atoms with E-state index in [0.29, 0.717) is 0 Å². The summed E-state index contributed by atoms with van der Waals surface area (Å²) in [4.78, 5) is 9.28. The van der Waals surface area contributed by atoms with Gasteiger partial charge >= 0.3 is 0 Å². The Hall–Kier alpha value is -2.89. The molecular formula is C21H20F2N4. The molecule has 0 spiro atoms. The third-order valence-electron chi connectivity index (χ3n) is 5.06.